The average Bonchev–Trinajstić information content (AvgIpc) is 2.96. The fraction of sp³-hybridized carbons (Fsp3) is 0.586. The van der Waals surface area contributed by atoms with Gasteiger partial charge in [0.2, 0.25) is 0 Å². The topological polar surface area (TPSA) is 0 Å². The van der Waals surface area contributed by atoms with Gasteiger partial charge in [0.05, 0.1) is 0 Å². The molecule has 0 radical (unpaired) electrons. The number of halogens is 2. The van der Waals surface area contributed by atoms with Gasteiger partial charge in [-0.1, -0.05) is 123 Å². The van der Waals surface area contributed by atoms with Gasteiger partial charge in [-0.3, -0.25) is 0 Å². The van der Waals surface area contributed by atoms with Crippen molar-refractivity contribution in [3.63, 3.8) is 0 Å². The Kier molecular flexibility index (Phi) is 9.29. The smallest absolute Gasteiger partial charge is 0.0215 e. The van der Waals surface area contributed by atoms with Crippen molar-refractivity contribution in [2.75, 3.05) is 0 Å². The van der Waals surface area contributed by atoms with Crippen molar-refractivity contribution in [3.8, 4) is 11.1 Å². The molecule has 0 N–H and O–H groups in total. The molecule has 0 saturated carbocycles. The molecule has 0 nitrogen and oxygen atoms in total. The first-order valence-corrected chi connectivity index (χ1v) is 14.0. The first-order chi connectivity index (χ1) is 14.8. The lowest BCUT2D eigenvalue weighted by Crippen LogP contribution is -2.25. The third-order valence-electron chi connectivity index (χ3n) is 7.05. The van der Waals surface area contributed by atoms with Crippen LogP contribution in [0.25, 0.3) is 11.1 Å². The molecule has 0 heterocycles. The van der Waals surface area contributed by atoms with E-state index in [4.69, 9.17) is 0 Å². The minimum absolute atomic E-state index is 0.182. The number of hydrogen-bond acceptors (Lipinski definition) is 0. The summed E-state index contributed by atoms with van der Waals surface area (Å²) in [6, 6.07) is 14.0. The largest absolute Gasteiger partial charge is 0.0628 e. The van der Waals surface area contributed by atoms with E-state index < -0.39 is 0 Å². The molecular weight excluding hydrogens is 508 g/mol. The molecule has 0 spiro atoms. The Bertz CT molecular complexity index is 778. The van der Waals surface area contributed by atoms with E-state index in [9.17, 15) is 0 Å². The van der Waals surface area contributed by atoms with E-state index in [0.717, 1.165) is 11.8 Å². The first kappa shape index (κ1) is 25.0. The van der Waals surface area contributed by atoms with Gasteiger partial charge in [0.25, 0.3) is 0 Å². The first-order valence-electron chi connectivity index (χ1n) is 12.4. The summed E-state index contributed by atoms with van der Waals surface area (Å²) in [5.74, 6) is 1.63. The summed E-state index contributed by atoms with van der Waals surface area (Å²) in [4.78, 5) is 0. The van der Waals surface area contributed by atoms with Gasteiger partial charge < -0.3 is 0 Å². The Morgan fingerprint density at radius 3 is 1.42 bits per heavy atom. The van der Waals surface area contributed by atoms with Crippen molar-refractivity contribution >= 4 is 31.9 Å². The van der Waals surface area contributed by atoms with Crippen LogP contribution in [0.1, 0.15) is 103 Å². The van der Waals surface area contributed by atoms with E-state index in [1.165, 1.54) is 84.3 Å². The molecule has 0 aromatic heterocycles. The van der Waals surface area contributed by atoms with E-state index >= 15 is 0 Å². The van der Waals surface area contributed by atoms with E-state index in [-0.39, 0.29) is 5.41 Å². The highest BCUT2D eigenvalue weighted by atomic mass is 79.9. The summed E-state index contributed by atoms with van der Waals surface area (Å²) >= 11 is 7.47. The average molecular weight is 548 g/mol. The van der Waals surface area contributed by atoms with Crippen molar-refractivity contribution in [2.45, 2.75) is 97.3 Å². The van der Waals surface area contributed by atoms with E-state index in [2.05, 4.69) is 96.0 Å². The lowest BCUT2D eigenvalue weighted by molar-refractivity contribution is 0.391. The summed E-state index contributed by atoms with van der Waals surface area (Å²) < 4.78 is 2.36. The third kappa shape index (κ3) is 6.26. The van der Waals surface area contributed by atoms with Crippen LogP contribution in [0.2, 0.25) is 0 Å². The van der Waals surface area contributed by atoms with Gasteiger partial charge in [-0.05, 0) is 71.2 Å². The van der Waals surface area contributed by atoms with Crippen LogP contribution in [-0.4, -0.2) is 0 Å². The van der Waals surface area contributed by atoms with Gasteiger partial charge >= 0.3 is 0 Å². The molecule has 2 aromatic rings. The highest BCUT2D eigenvalue weighted by molar-refractivity contribution is 9.10. The molecule has 0 aliphatic heterocycles. The van der Waals surface area contributed by atoms with Crippen molar-refractivity contribution in [1.82, 2.24) is 0 Å². The Morgan fingerprint density at radius 1 is 0.613 bits per heavy atom. The van der Waals surface area contributed by atoms with Crippen LogP contribution in [0.3, 0.4) is 0 Å². The van der Waals surface area contributed by atoms with E-state index in [1.54, 1.807) is 11.1 Å². The van der Waals surface area contributed by atoms with Gasteiger partial charge in [0.1, 0.15) is 0 Å². The minimum atomic E-state index is 0.182. The molecule has 2 aromatic carbocycles. The summed E-state index contributed by atoms with van der Waals surface area (Å²) in [7, 11) is 0. The molecule has 0 bridgehead atoms. The maximum Gasteiger partial charge on any atom is 0.0215 e. The molecule has 1 aliphatic rings. The van der Waals surface area contributed by atoms with Crippen LogP contribution in [0.5, 0.6) is 0 Å². The van der Waals surface area contributed by atoms with Crippen LogP contribution < -0.4 is 0 Å². The maximum atomic E-state index is 3.73. The lowest BCUT2D eigenvalue weighted by atomic mass is 9.70. The molecule has 0 fully saturated rings. The van der Waals surface area contributed by atoms with Crippen molar-refractivity contribution in [2.24, 2.45) is 11.8 Å². The molecule has 0 amide bonds. The normalized spacial score (nSPS) is 14.3. The second-order valence-corrected chi connectivity index (χ2v) is 12.3. The second-order valence-electron chi connectivity index (χ2n) is 10.4. The van der Waals surface area contributed by atoms with E-state index in [0.29, 0.717) is 0 Å². The second kappa shape index (κ2) is 11.5. The van der Waals surface area contributed by atoms with Crippen LogP contribution >= 0.6 is 31.9 Å². The zero-order valence-corrected chi connectivity index (χ0v) is 23.1. The molecule has 31 heavy (non-hydrogen) atoms. The Labute approximate surface area is 207 Å². The van der Waals surface area contributed by atoms with Gasteiger partial charge in [0, 0.05) is 14.4 Å². The fourth-order valence-corrected chi connectivity index (χ4v) is 6.16. The van der Waals surface area contributed by atoms with Gasteiger partial charge in [-0.15, -0.1) is 0 Å². The molecule has 170 valence electrons. The predicted octanol–water partition coefficient (Wildman–Crippen LogP) is 10.7. The standard InChI is InChI=1S/C29H40Br2/c1-21(2)11-7-5-9-17-29(18-10-6-8-12-22(3)4)27-15-13-23(30)19-25(27)26-20-24(31)14-16-28(26)29/h13-16,19-22H,5-12,17-18H2,1-4H3. The molecule has 3 rings (SSSR count). The maximum absolute atomic E-state index is 3.73. The zero-order valence-electron chi connectivity index (χ0n) is 19.9. The number of rotatable bonds is 12. The van der Waals surface area contributed by atoms with Crippen LogP contribution in [0.15, 0.2) is 45.3 Å². The summed E-state index contributed by atoms with van der Waals surface area (Å²) in [6.07, 6.45) is 13.3. The third-order valence-corrected chi connectivity index (χ3v) is 8.04. The van der Waals surface area contributed by atoms with Crippen LogP contribution in [0, 0.1) is 11.8 Å². The number of benzene rings is 2. The van der Waals surface area contributed by atoms with Crippen molar-refractivity contribution < 1.29 is 0 Å². The molecule has 0 unspecified atom stereocenters. The monoisotopic (exact) mass is 546 g/mol. The van der Waals surface area contributed by atoms with Gasteiger partial charge in [-0.2, -0.15) is 0 Å². The fourth-order valence-electron chi connectivity index (χ4n) is 5.43. The summed E-state index contributed by atoms with van der Waals surface area (Å²) in [5, 5.41) is 0. The van der Waals surface area contributed by atoms with Gasteiger partial charge in [0.15, 0.2) is 0 Å². The number of fused-ring (bicyclic) bond motifs is 3. The van der Waals surface area contributed by atoms with E-state index in [1.807, 2.05) is 0 Å². The highest BCUT2D eigenvalue weighted by Gasteiger charge is 2.42. The summed E-state index contributed by atoms with van der Waals surface area (Å²) in [5.41, 5.74) is 6.19. The summed E-state index contributed by atoms with van der Waals surface area (Å²) in [6.45, 7) is 9.38. The van der Waals surface area contributed by atoms with Crippen molar-refractivity contribution in [1.29, 1.82) is 0 Å². The SMILES string of the molecule is CC(C)CCCCCC1(CCCCCC(C)C)c2ccc(Br)cc2-c2cc(Br)ccc21. The Hall–Kier alpha value is -0.600. The number of unbranched alkanes of at least 4 members (excludes halogenated alkanes) is 4. The molecule has 0 atom stereocenters. The predicted molar refractivity (Wildman–Crippen MR) is 144 cm³/mol. The molecule has 0 saturated heterocycles. The van der Waals surface area contributed by atoms with Crippen molar-refractivity contribution in [3.05, 3.63) is 56.5 Å². The lowest BCUT2D eigenvalue weighted by Gasteiger charge is -2.33. The number of hydrogen-bond donors (Lipinski definition) is 0. The Morgan fingerprint density at radius 2 is 1.03 bits per heavy atom. The molecule has 2 heteroatoms. The molecule has 1 aliphatic carbocycles. The highest BCUT2D eigenvalue weighted by Crippen LogP contribution is 2.55. The van der Waals surface area contributed by atoms with Gasteiger partial charge in [-0.25, -0.2) is 0 Å². The quantitative estimate of drug-likeness (QED) is 0.232. The van der Waals surface area contributed by atoms with Crippen LogP contribution in [-0.2, 0) is 5.41 Å². The molecular formula is C29H40Br2. The zero-order chi connectivity index (χ0) is 22.4. The minimum Gasteiger partial charge on any atom is -0.0628 e. The van der Waals surface area contributed by atoms with Crippen LogP contribution in [0.4, 0.5) is 0 Å². The Balaban J connectivity index is 1.87.